The number of nitrogens with zero attached hydrogens (tertiary/aromatic N) is 1. The van der Waals surface area contributed by atoms with Crippen LogP contribution in [0.3, 0.4) is 0 Å². The molecule has 3 amide bonds. The second kappa shape index (κ2) is 6.64. The number of halogens is 1. The predicted molar refractivity (Wildman–Crippen MR) is 92.6 cm³/mol. The molecule has 0 atom stereocenters. The molecular formula is C19H15FN2O5. The molecule has 2 aliphatic heterocycles. The van der Waals surface area contributed by atoms with Gasteiger partial charge in [0, 0.05) is 17.2 Å². The number of fused-ring (bicyclic) bond motifs is 1. The molecule has 0 radical (unpaired) electrons. The van der Waals surface area contributed by atoms with Gasteiger partial charge in [-0.3, -0.25) is 9.69 Å². The zero-order valence-corrected chi connectivity index (χ0v) is 14.3. The van der Waals surface area contributed by atoms with Crippen LogP contribution in [0, 0.1) is 5.82 Å². The molecular weight excluding hydrogens is 355 g/mol. The third kappa shape index (κ3) is 3.05. The predicted octanol–water partition coefficient (Wildman–Crippen LogP) is 2.66. The summed E-state index contributed by atoms with van der Waals surface area (Å²) >= 11 is 0. The molecule has 2 aromatic rings. The average molecular weight is 370 g/mol. The summed E-state index contributed by atoms with van der Waals surface area (Å²) in [5.74, 6) is 0.483. The number of hydrogen-bond donors (Lipinski definition) is 1. The van der Waals surface area contributed by atoms with Gasteiger partial charge in [0.1, 0.15) is 17.3 Å². The Morgan fingerprint density at radius 1 is 1.22 bits per heavy atom. The van der Waals surface area contributed by atoms with Gasteiger partial charge in [-0.25, -0.2) is 9.18 Å². The molecule has 0 unspecified atom stereocenters. The Morgan fingerprint density at radius 2 is 1.96 bits per heavy atom. The molecule has 0 spiro atoms. The van der Waals surface area contributed by atoms with Gasteiger partial charge in [-0.1, -0.05) is 18.2 Å². The van der Waals surface area contributed by atoms with Gasteiger partial charge < -0.3 is 19.5 Å². The standard InChI is InChI=1S/C19H15FN2O5/c1-25-15-8-17-16(26-10-27-17)7-12(15)6-14-18(23)22(19(24)21-14)9-11-4-2-3-5-13(11)20/h2-8H,9-10H2,1H3,(H,21,24)/b14-6+. The molecule has 0 aromatic heterocycles. The Bertz CT molecular complexity index is 973. The summed E-state index contributed by atoms with van der Waals surface area (Å²) in [6.07, 6.45) is 1.49. The smallest absolute Gasteiger partial charge is 0.329 e. The van der Waals surface area contributed by atoms with E-state index >= 15 is 0 Å². The number of carbonyl (C=O) groups is 2. The first-order chi connectivity index (χ1) is 13.1. The van der Waals surface area contributed by atoms with Crippen molar-refractivity contribution in [1.82, 2.24) is 10.2 Å². The van der Waals surface area contributed by atoms with E-state index in [0.717, 1.165) is 4.90 Å². The van der Waals surface area contributed by atoms with E-state index in [1.54, 1.807) is 24.3 Å². The number of amides is 3. The molecule has 7 nitrogen and oxygen atoms in total. The van der Waals surface area contributed by atoms with E-state index in [0.29, 0.717) is 22.8 Å². The fourth-order valence-corrected chi connectivity index (χ4v) is 2.90. The molecule has 1 N–H and O–H groups in total. The summed E-state index contributed by atoms with van der Waals surface area (Å²) in [5, 5.41) is 2.51. The summed E-state index contributed by atoms with van der Waals surface area (Å²) in [6.45, 7) is -0.0580. The van der Waals surface area contributed by atoms with Crippen LogP contribution >= 0.6 is 0 Å². The minimum atomic E-state index is -0.616. The highest BCUT2D eigenvalue weighted by Crippen LogP contribution is 2.39. The Hall–Kier alpha value is -3.55. The number of nitrogens with one attached hydrogen (secondary N) is 1. The molecule has 8 heteroatoms. The van der Waals surface area contributed by atoms with Crippen LogP contribution in [0.1, 0.15) is 11.1 Å². The topological polar surface area (TPSA) is 77.1 Å². The number of carbonyl (C=O) groups excluding carboxylic acids is 2. The highest BCUT2D eigenvalue weighted by atomic mass is 19.1. The van der Waals surface area contributed by atoms with E-state index in [9.17, 15) is 14.0 Å². The van der Waals surface area contributed by atoms with Gasteiger partial charge in [0.05, 0.1) is 13.7 Å². The van der Waals surface area contributed by atoms with Gasteiger partial charge in [-0.2, -0.15) is 0 Å². The quantitative estimate of drug-likeness (QED) is 0.661. The molecule has 138 valence electrons. The minimum absolute atomic E-state index is 0.0634. The molecule has 2 aromatic carbocycles. The van der Waals surface area contributed by atoms with E-state index in [-0.39, 0.29) is 24.6 Å². The van der Waals surface area contributed by atoms with Crippen molar-refractivity contribution in [3.63, 3.8) is 0 Å². The average Bonchev–Trinajstić information content (AvgIpc) is 3.22. The van der Waals surface area contributed by atoms with Crippen LogP contribution < -0.4 is 19.5 Å². The molecule has 4 rings (SSSR count). The van der Waals surface area contributed by atoms with Crippen molar-refractivity contribution in [3.8, 4) is 17.2 Å². The van der Waals surface area contributed by atoms with Crippen LogP contribution in [0.25, 0.3) is 6.08 Å². The van der Waals surface area contributed by atoms with Crippen LogP contribution in [0.5, 0.6) is 17.2 Å². The van der Waals surface area contributed by atoms with E-state index in [2.05, 4.69) is 5.32 Å². The lowest BCUT2D eigenvalue weighted by Gasteiger charge is -2.12. The van der Waals surface area contributed by atoms with Gasteiger partial charge in [-0.15, -0.1) is 0 Å². The summed E-state index contributed by atoms with van der Waals surface area (Å²) in [7, 11) is 1.49. The van der Waals surface area contributed by atoms with Gasteiger partial charge in [0.2, 0.25) is 6.79 Å². The van der Waals surface area contributed by atoms with Crippen molar-refractivity contribution < 1.29 is 28.2 Å². The molecule has 2 aliphatic rings. The number of urea groups is 1. The highest BCUT2D eigenvalue weighted by molar-refractivity contribution is 6.14. The number of benzene rings is 2. The monoisotopic (exact) mass is 370 g/mol. The maximum Gasteiger partial charge on any atom is 0.329 e. The molecule has 0 aliphatic carbocycles. The number of ether oxygens (including phenoxy) is 3. The van der Waals surface area contributed by atoms with Crippen LogP contribution in [0.15, 0.2) is 42.1 Å². The SMILES string of the molecule is COc1cc2c(cc1/C=C1/NC(=O)N(Cc3ccccc3F)C1=O)OCO2. The first kappa shape index (κ1) is 16.9. The fourth-order valence-electron chi connectivity index (χ4n) is 2.90. The first-order valence-corrected chi connectivity index (χ1v) is 8.12. The van der Waals surface area contributed by atoms with Crippen molar-refractivity contribution in [1.29, 1.82) is 0 Å². The summed E-state index contributed by atoms with van der Waals surface area (Å²) in [4.78, 5) is 25.8. The van der Waals surface area contributed by atoms with E-state index in [4.69, 9.17) is 14.2 Å². The number of imide groups is 1. The number of rotatable bonds is 4. The van der Waals surface area contributed by atoms with Crippen molar-refractivity contribution in [2.75, 3.05) is 13.9 Å². The zero-order chi connectivity index (χ0) is 19.0. The molecule has 0 bridgehead atoms. The minimum Gasteiger partial charge on any atom is -0.496 e. The maximum atomic E-state index is 13.8. The Balaban J connectivity index is 1.63. The van der Waals surface area contributed by atoms with Gasteiger partial charge in [0.15, 0.2) is 11.5 Å². The van der Waals surface area contributed by atoms with E-state index in [1.165, 1.54) is 25.3 Å². The van der Waals surface area contributed by atoms with Crippen molar-refractivity contribution >= 4 is 18.0 Å². The Kier molecular flexibility index (Phi) is 4.15. The lowest BCUT2D eigenvalue weighted by molar-refractivity contribution is -0.123. The van der Waals surface area contributed by atoms with Crippen LogP contribution in [-0.4, -0.2) is 30.7 Å². The second-order valence-corrected chi connectivity index (χ2v) is 5.92. The van der Waals surface area contributed by atoms with Crippen molar-refractivity contribution in [2.24, 2.45) is 0 Å². The van der Waals surface area contributed by atoms with Gasteiger partial charge in [0.25, 0.3) is 5.91 Å². The summed E-state index contributed by atoms with van der Waals surface area (Å²) in [5.41, 5.74) is 0.856. The van der Waals surface area contributed by atoms with E-state index in [1.807, 2.05) is 0 Å². The summed E-state index contributed by atoms with van der Waals surface area (Å²) in [6, 6.07) is 8.68. The lowest BCUT2D eigenvalue weighted by Crippen LogP contribution is -2.30. The molecule has 1 saturated heterocycles. The van der Waals surface area contributed by atoms with Crippen LogP contribution in [0.4, 0.5) is 9.18 Å². The molecule has 0 saturated carbocycles. The molecule has 27 heavy (non-hydrogen) atoms. The van der Waals surface area contributed by atoms with Gasteiger partial charge in [-0.05, 0) is 18.2 Å². The molecule has 2 heterocycles. The zero-order valence-electron chi connectivity index (χ0n) is 14.3. The highest BCUT2D eigenvalue weighted by Gasteiger charge is 2.34. The van der Waals surface area contributed by atoms with Crippen LogP contribution in [-0.2, 0) is 11.3 Å². The normalized spacial score (nSPS) is 16.8. The van der Waals surface area contributed by atoms with Gasteiger partial charge >= 0.3 is 6.03 Å². The van der Waals surface area contributed by atoms with Crippen molar-refractivity contribution in [2.45, 2.75) is 6.54 Å². The third-order valence-electron chi connectivity index (χ3n) is 4.27. The Labute approximate surface area is 153 Å². The van der Waals surface area contributed by atoms with Crippen LogP contribution in [0.2, 0.25) is 0 Å². The van der Waals surface area contributed by atoms with E-state index < -0.39 is 17.8 Å². The maximum absolute atomic E-state index is 13.8. The number of methoxy groups -OCH3 is 1. The lowest BCUT2D eigenvalue weighted by atomic mass is 10.1. The first-order valence-electron chi connectivity index (χ1n) is 8.12. The second-order valence-electron chi connectivity index (χ2n) is 5.92. The largest absolute Gasteiger partial charge is 0.496 e. The summed E-state index contributed by atoms with van der Waals surface area (Å²) < 4.78 is 29.8. The number of hydrogen-bond acceptors (Lipinski definition) is 5. The Morgan fingerprint density at radius 3 is 2.70 bits per heavy atom. The third-order valence-corrected chi connectivity index (χ3v) is 4.27. The molecule has 1 fully saturated rings. The fraction of sp³-hybridized carbons (Fsp3) is 0.158. The van der Waals surface area contributed by atoms with Crippen molar-refractivity contribution in [3.05, 3.63) is 59.0 Å².